The number of hydrogen-bond donors (Lipinski definition) is 3. The molecule has 2 heterocycles. The molecule has 8 nitrogen and oxygen atoms in total. The number of aromatic nitrogens is 2. The highest BCUT2D eigenvalue weighted by molar-refractivity contribution is 5.55. The van der Waals surface area contributed by atoms with Gasteiger partial charge in [-0.1, -0.05) is 18.2 Å². The van der Waals surface area contributed by atoms with Gasteiger partial charge in [-0.05, 0) is 13.0 Å². The molecule has 0 unspecified atom stereocenters. The lowest BCUT2D eigenvalue weighted by molar-refractivity contribution is 0.333. The molecule has 1 aliphatic rings. The van der Waals surface area contributed by atoms with Crippen LogP contribution in [0.4, 0.5) is 0 Å². The number of allylic oxidation sites excluding steroid dienone is 1. The maximum Gasteiger partial charge on any atom is 0.328 e. The number of nitrogens with two attached hydrogens (primary N) is 1. The molecule has 1 aromatic carbocycles. The summed E-state index contributed by atoms with van der Waals surface area (Å²) in [5.74, 6) is -0.523. The molecule has 1 aliphatic heterocycles. The molecular weight excluding hydrogens is 312 g/mol. The number of ether oxygens (including phenoxy) is 2. The molecular formula is C16H14N4O4. The number of benzene rings is 1. The average Bonchev–Trinajstić information content (AvgIpc) is 2.54. The Morgan fingerprint density at radius 3 is 2.79 bits per heavy atom. The number of hydrogen-bond acceptors (Lipinski definition) is 6. The van der Waals surface area contributed by atoms with Gasteiger partial charge in [-0.2, -0.15) is 5.26 Å². The summed E-state index contributed by atoms with van der Waals surface area (Å²) < 4.78 is 10.9. The van der Waals surface area contributed by atoms with Crippen molar-refractivity contribution in [2.24, 2.45) is 5.73 Å². The van der Waals surface area contributed by atoms with E-state index in [1.54, 1.807) is 24.3 Å². The van der Waals surface area contributed by atoms with Crippen molar-refractivity contribution < 1.29 is 9.47 Å². The number of H-pyrrole nitrogens is 2. The molecule has 4 N–H and O–H groups in total. The van der Waals surface area contributed by atoms with E-state index < -0.39 is 17.2 Å². The molecule has 0 fully saturated rings. The third kappa shape index (κ3) is 2.42. The fourth-order valence-corrected chi connectivity index (χ4v) is 2.71. The van der Waals surface area contributed by atoms with Gasteiger partial charge in [0.05, 0.1) is 18.1 Å². The largest absolute Gasteiger partial charge is 0.494 e. The van der Waals surface area contributed by atoms with E-state index in [2.05, 4.69) is 9.97 Å². The summed E-state index contributed by atoms with van der Waals surface area (Å²) >= 11 is 0. The average molecular weight is 326 g/mol. The summed E-state index contributed by atoms with van der Waals surface area (Å²) in [5.41, 5.74) is 5.21. The van der Waals surface area contributed by atoms with E-state index in [1.807, 2.05) is 13.0 Å². The fraction of sp³-hybridized carbons (Fsp3) is 0.188. The molecule has 0 saturated carbocycles. The summed E-state index contributed by atoms with van der Waals surface area (Å²) in [4.78, 5) is 28.4. The van der Waals surface area contributed by atoms with Crippen LogP contribution in [0.2, 0.25) is 0 Å². The van der Waals surface area contributed by atoms with E-state index >= 15 is 0 Å². The standard InChI is InChI=1S/C16H14N4O4/c1-2-23-10-6-4-3-5-8(10)11-9(7-17)13(18)24-15-12(11)14(21)19-16(22)20-15/h3-6,11H,2,18H2,1H3,(H2,19,20,21,22)/t11-/m0/s1. The third-order valence-electron chi connectivity index (χ3n) is 3.65. The van der Waals surface area contributed by atoms with Gasteiger partial charge in [0.1, 0.15) is 17.4 Å². The Balaban J connectivity index is 2.33. The molecule has 0 amide bonds. The van der Waals surface area contributed by atoms with Crippen LogP contribution < -0.4 is 26.5 Å². The normalized spacial score (nSPS) is 16.1. The Bertz CT molecular complexity index is 981. The molecule has 0 aliphatic carbocycles. The van der Waals surface area contributed by atoms with Gasteiger partial charge in [-0.25, -0.2) is 4.79 Å². The second-order valence-electron chi connectivity index (χ2n) is 5.05. The zero-order valence-corrected chi connectivity index (χ0v) is 12.8. The molecule has 2 aromatic rings. The number of nitrogens with zero attached hydrogens (tertiary/aromatic N) is 1. The minimum absolute atomic E-state index is 0.0726. The third-order valence-corrected chi connectivity index (χ3v) is 3.65. The number of nitriles is 1. The van der Waals surface area contributed by atoms with Crippen LogP contribution in [0, 0.1) is 11.3 Å². The highest BCUT2D eigenvalue weighted by Crippen LogP contribution is 2.41. The number of aromatic amines is 2. The second-order valence-corrected chi connectivity index (χ2v) is 5.05. The van der Waals surface area contributed by atoms with Gasteiger partial charge in [-0.3, -0.25) is 14.8 Å². The predicted octanol–water partition coefficient (Wildman–Crippen LogP) is 0.680. The van der Waals surface area contributed by atoms with Crippen molar-refractivity contribution in [3.05, 3.63) is 67.7 Å². The molecule has 0 bridgehead atoms. The number of nitrogens with one attached hydrogen (secondary N) is 2. The lowest BCUT2D eigenvalue weighted by Crippen LogP contribution is -2.33. The molecule has 1 aromatic heterocycles. The smallest absolute Gasteiger partial charge is 0.328 e. The van der Waals surface area contributed by atoms with Crippen LogP contribution in [-0.4, -0.2) is 16.6 Å². The van der Waals surface area contributed by atoms with E-state index in [1.165, 1.54) is 0 Å². The van der Waals surface area contributed by atoms with Crippen molar-refractivity contribution >= 4 is 0 Å². The molecule has 0 saturated heterocycles. The SMILES string of the molecule is CCOc1ccccc1[C@H]1C(C#N)=C(N)Oc2[nH]c(=O)[nH]c(=O)c21. The topological polar surface area (TPSA) is 134 Å². The Morgan fingerprint density at radius 1 is 1.33 bits per heavy atom. The van der Waals surface area contributed by atoms with Crippen LogP contribution in [0.25, 0.3) is 0 Å². The first-order chi connectivity index (χ1) is 11.6. The first-order valence-electron chi connectivity index (χ1n) is 7.22. The lowest BCUT2D eigenvalue weighted by Gasteiger charge is -2.25. The Hall–Kier alpha value is -3.47. The van der Waals surface area contributed by atoms with Crippen LogP contribution >= 0.6 is 0 Å². The maximum atomic E-state index is 12.3. The van der Waals surface area contributed by atoms with Crippen molar-refractivity contribution in [2.45, 2.75) is 12.8 Å². The summed E-state index contributed by atoms with van der Waals surface area (Å²) in [6.07, 6.45) is 0. The van der Waals surface area contributed by atoms with E-state index in [4.69, 9.17) is 15.2 Å². The van der Waals surface area contributed by atoms with Crippen LogP contribution in [0.15, 0.2) is 45.3 Å². The van der Waals surface area contributed by atoms with E-state index in [-0.39, 0.29) is 22.9 Å². The minimum Gasteiger partial charge on any atom is -0.494 e. The highest BCUT2D eigenvalue weighted by atomic mass is 16.5. The number of fused-ring (bicyclic) bond motifs is 1. The quantitative estimate of drug-likeness (QED) is 0.759. The van der Waals surface area contributed by atoms with Gasteiger partial charge in [0.2, 0.25) is 11.8 Å². The molecule has 24 heavy (non-hydrogen) atoms. The van der Waals surface area contributed by atoms with Gasteiger partial charge < -0.3 is 15.2 Å². The van der Waals surface area contributed by atoms with Gasteiger partial charge >= 0.3 is 5.69 Å². The molecule has 0 spiro atoms. The van der Waals surface area contributed by atoms with Gasteiger partial charge in [0, 0.05) is 5.56 Å². The van der Waals surface area contributed by atoms with Crippen molar-refractivity contribution in [1.82, 2.24) is 9.97 Å². The summed E-state index contributed by atoms with van der Waals surface area (Å²) in [7, 11) is 0. The first kappa shape index (κ1) is 15.4. The van der Waals surface area contributed by atoms with Crippen LogP contribution in [0.5, 0.6) is 11.6 Å². The Labute approximate surface area is 136 Å². The fourth-order valence-electron chi connectivity index (χ4n) is 2.71. The molecule has 0 radical (unpaired) electrons. The van der Waals surface area contributed by atoms with Crippen molar-refractivity contribution in [3.63, 3.8) is 0 Å². The van der Waals surface area contributed by atoms with Crippen molar-refractivity contribution in [3.8, 4) is 17.7 Å². The Morgan fingerprint density at radius 2 is 2.08 bits per heavy atom. The van der Waals surface area contributed by atoms with E-state index in [0.717, 1.165) is 0 Å². The summed E-state index contributed by atoms with van der Waals surface area (Å²) in [6.45, 7) is 2.24. The predicted molar refractivity (Wildman–Crippen MR) is 84.6 cm³/mol. The molecule has 3 rings (SSSR count). The van der Waals surface area contributed by atoms with Crippen molar-refractivity contribution in [2.75, 3.05) is 6.61 Å². The van der Waals surface area contributed by atoms with Crippen LogP contribution in [0.3, 0.4) is 0 Å². The Kier molecular flexibility index (Phi) is 3.83. The second kappa shape index (κ2) is 5.96. The van der Waals surface area contributed by atoms with Gasteiger partial charge in [-0.15, -0.1) is 0 Å². The number of para-hydroxylation sites is 1. The zero-order chi connectivity index (χ0) is 17.3. The number of rotatable bonds is 3. The summed E-state index contributed by atoms with van der Waals surface area (Å²) in [6, 6.07) is 9.00. The zero-order valence-electron chi connectivity index (χ0n) is 12.8. The molecule has 8 heteroatoms. The van der Waals surface area contributed by atoms with Crippen LogP contribution in [0.1, 0.15) is 24.0 Å². The summed E-state index contributed by atoms with van der Waals surface area (Å²) in [5, 5.41) is 9.49. The highest BCUT2D eigenvalue weighted by Gasteiger charge is 2.35. The first-order valence-corrected chi connectivity index (χ1v) is 7.22. The lowest BCUT2D eigenvalue weighted by atomic mass is 9.84. The van der Waals surface area contributed by atoms with E-state index in [9.17, 15) is 14.9 Å². The van der Waals surface area contributed by atoms with Gasteiger partial charge in [0.15, 0.2) is 0 Å². The van der Waals surface area contributed by atoms with Crippen molar-refractivity contribution in [1.29, 1.82) is 5.26 Å². The minimum atomic E-state index is -0.804. The van der Waals surface area contributed by atoms with Crippen LogP contribution in [-0.2, 0) is 0 Å². The monoisotopic (exact) mass is 326 g/mol. The molecule has 122 valence electrons. The maximum absolute atomic E-state index is 12.3. The van der Waals surface area contributed by atoms with E-state index in [0.29, 0.717) is 17.9 Å². The van der Waals surface area contributed by atoms with Gasteiger partial charge in [0.25, 0.3) is 5.56 Å². The molecule has 1 atom stereocenters.